The molecule has 0 heterocycles. The largest absolute Gasteiger partial charge is 0.497 e. The minimum absolute atomic E-state index is 0.106. The monoisotopic (exact) mass is 211 g/mol. The van der Waals surface area contributed by atoms with E-state index in [1.807, 2.05) is 0 Å². The summed E-state index contributed by atoms with van der Waals surface area (Å²) in [6, 6.07) is 5.03. The van der Waals surface area contributed by atoms with Crippen molar-refractivity contribution in [1.29, 1.82) is 0 Å². The van der Waals surface area contributed by atoms with Gasteiger partial charge in [0, 0.05) is 18.2 Å². The molecule has 0 aromatic heterocycles. The van der Waals surface area contributed by atoms with E-state index >= 15 is 0 Å². The zero-order chi connectivity index (χ0) is 11.3. The van der Waals surface area contributed by atoms with E-state index in [0.29, 0.717) is 17.2 Å². The lowest BCUT2D eigenvalue weighted by atomic mass is 10.3. The summed E-state index contributed by atoms with van der Waals surface area (Å²) in [6.45, 7) is 0. The van der Waals surface area contributed by atoms with Crippen LogP contribution in [-0.2, 0) is 0 Å². The first-order valence-corrected chi connectivity index (χ1v) is 4.17. The van der Waals surface area contributed by atoms with Crippen molar-refractivity contribution in [3.63, 3.8) is 0 Å². The van der Waals surface area contributed by atoms with E-state index < -0.39 is 0 Å². The van der Waals surface area contributed by atoms with Crippen LogP contribution in [0, 0.1) is 0 Å². The van der Waals surface area contributed by atoms with Crippen LogP contribution in [-0.4, -0.2) is 25.4 Å². The van der Waals surface area contributed by atoms with Crippen molar-refractivity contribution in [2.24, 2.45) is 10.7 Å². The maximum atomic E-state index is 8.48. The predicted octanol–water partition coefficient (Wildman–Crippen LogP) is 0.629. The Hall–Kier alpha value is -1.95. The van der Waals surface area contributed by atoms with Crippen LogP contribution in [0.2, 0.25) is 0 Å². The van der Waals surface area contributed by atoms with E-state index in [2.05, 4.69) is 4.99 Å². The number of benzene rings is 1. The first-order valence-electron chi connectivity index (χ1n) is 4.17. The van der Waals surface area contributed by atoms with Gasteiger partial charge in [0.2, 0.25) is 5.96 Å². The molecule has 0 radical (unpaired) electrons. The van der Waals surface area contributed by atoms with Crippen LogP contribution < -0.4 is 20.7 Å². The summed E-state index contributed by atoms with van der Waals surface area (Å²) in [7, 11) is 3.08. The lowest BCUT2D eigenvalue weighted by molar-refractivity contribution is 0.233. The molecule has 0 amide bonds. The van der Waals surface area contributed by atoms with Gasteiger partial charge in [0.1, 0.15) is 11.5 Å². The number of guanidine groups is 1. The summed E-state index contributed by atoms with van der Waals surface area (Å²) in [5.74, 6) is 1.09. The van der Waals surface area contributed by atoms with Crippen molar-refractivity contribution >= 4 is 11.6 Å². The fourth-order valence-electron chi connectivity index (χ4n) is 1.02. The first kappa shape index (κ1) is 11.1. The third-order valence-corrected chi connectivity index (χ3v) is 1.70. The number of nitrogens with one attached hydrogen (secondary N) is 1. The van der Waals surface area contributed by atoms with Crippen molar-refractivity contribution in [1.82, 2.24) is 5.48 Å². The maximum absolute atomic E-state index is 8.48. The van der Waals surface area contributed by atoms with Gasteiger partial charge in [0.05, 0.1) is 19.9 Å². The Bertz CT molecular complexity index is 343. The molecular weight excluding hydrogens is 198 g/mol. The van der Waals surface area contributed by atoms with Crippen molar-refractivity contribution < 1.29 is 14.7 Å². The fourth-order valence-corrected chi connectivity index (χ4v) is 1.02. The molecule has 0 aliphatic carbocycles. The lowest BCUT2D eigenvalue weighted by Crippen LogP contribution is -2.27. The van der Waals surface area contributed by atoms with Gasteiger partial charge in [-0.2, -0.15) is 0 Å². The van der Waals surface area contributed by atoms with Crippen molar-refractivity contribution in [3.8, 4) is 11.5 Å². The minimum atomic E-state index is -0.106. The van der Waals surface area contributed by atoms with Gasteiger partial charge in [-0.3, -0.25) is 5.21 Å². The lowest BCUT2D eigenvalue weighted by Gasteiger charge is -2.05. The smallest absolute Gasteiger partial charge is 0.218 e. The Labute approximate surface area is 87.3 Å². The highest BCUT2D eigenvalue weighted by Gasteiger charge is 2.01. The molecular formula is C9H13N3O3. The number of rotatable bonds is 3. The summed E-state index contributed by atoms with van der Waals surface area (Å²) >= 11 is 0. The van der Waals surface area contributed by atoms with E-state index in [0.717, 1.165) is 0 Å². The van der Waals surface area contributed by atoms with Gasteiger partial charge in [0.15, 0.2) is 0 Å². The van der Waals surface area contributed by atoms with Gasteiger partial charge in [-0.25, -0.2) is 10.5 Å². The van der Waals surface area contributed by atoms with Gasteiger partial charge >= 0.3 is 0 Å². The minimum Gasteiger partial charge on any atom is -0.497 e. The Morgan fingerprint density at radius 2 is 1.80 bits per heavy atom. The summed E-state index contributed by atoms with van der Waals surface area (Å²) < 4.78 is 10.1. The van der Waals surface area contributed by atoms with Crippen molar-refractivity contribution in [2.75, 3.05) is 14.2 Å². The molecule has 1 rings (SSSR count). The second-order valence-electron chi connectivity index (χ2n) is 2.68. The van der Waals surface area contributed by atoms with Crippen LogP contribution in [0.5, 0.6) is 11.5 Å². The number of methoxy groups -OCH3 is 2. The number of hydroxylamine groups is 1. The average Bonchev–Trinajstić information content (AvgIpc) is 2.28. The maximum Gasteiger partial charge on any atom is 0.218 e. The molecule has 6 heteroatoms. The van der Waals surface area contributed by atoms with Crippen LogP contribution in [0.15, 0.2) is 23.2 Å². The molecule has 0 saturated heterocycles. The molecule has 0 fully saturated rings. The van der Waals surface area contributed by atoms with Crippen LogP contribution in [0.3, 0.4) is 0 Å². The van der Waals surface area contributed by atoms with Crippen molar-refractivity contribution in [3.05, 3.63) is 18.2 Å². The molecule has 0 unspecified atom stereocenters. The highest BCUT2D eigenvalue weighted by molar-refractivity contribution is 5.80. The summed E-state index contributed by atoms with van der Waals surface area (Å²) in [6.07, 6.45) is 0. The van der Waals surface area contributed by atoms with Gasteiger partial charge in [-0.15, -0.1) is 0 Å². The summed E-state index contributed by atoms with van der Waals surface area (Å²) in [5.41, 5.74) is 7.55. The SMILES string of the molecule is COc1cc(N=C(N)NO)cc(OC)c1. The van der Waals surface area contributed by atoms with Crippen LogP contribution >= 0.6 is 0 Å². The molecule has 0 spiro atoms. The van der Waals surface area contributed by atoms with Gasteiger partial charge in [0.25, 0.3) is 0 Å². The number of ether oxygens (including phenoxy) is 2. The van der Waals surface area contributed by atoms with E-state index in [1.54, 1.807) is 23.7 Å². The number of nitrogens with two attached hydrogens (primary N) is 1. The molecule has 0 atom stereocenters. The number of aliphatic imine (C=N–C) groups is 1. The highest BCUT2D eigenvalue weighted by Crippen LogP contribution is 2.27. The van der Waals surface area contributed by atoms with E-state index in [1.165, 1.54) is 14.2 Å². The van der Waals surface area contributed by atoms with Crippen LogP contribution in [0.1, 0.15) is 0 Å². The molecule has 0 aliphatic rings. The Balaban J connectivity index is 3.07. The summed E-state index contributed by atoms with van der Waals surface area (Å²) in [5, 5.41) is 8.48. The zero-order valence-corrected chi connectivity index (χ0v) is 8.52. The molecule has 0 aliphatic heterocycles. The number of hydrogen-bond donors (Lipinski definition) is 3. The van der Waals surface area contributed by atoms with Crippen LogP contribution in [0.4, 0.5) is 5.69 Å². The molecule has 82 valence electrons. The standard InChI is InChI=1S/C9H13N3O3/c1-14-7-3-6(11-9(10)12-13)4-8(5-7)15-2/h3-5,13H,1-2H3,(H3,10,11,12). The fraction of sp³-hybridized carbons (Fsp3) is 0.222. The zero-order valence-electron chi connectivity index (χ0n) is 8.52. The topological polar surface area (TPSA) is 89.1 Å². The first-order chi connectivity index (χ1) is 7.19. The molecule has 1 aromatic rings. The second-order valence-corrected chi connectivity index (χ2v) is 2.68. The second kappa shape index (κ2) is 5.06. The Morgan fingerprint density at radius 3 is 2.20 bits per heavy atom. The number of nitrogens with zero attached hydrogens (tertiary/aromatic N) is 1. The third-order valence-electron chi connectivity index (χ3n) is 1.70. The van der Waals surface area contributed by atoms with E-state index in [4.69, 9.17) is 20.4 Å². The van der Waals surface area contributed by atoms with Gasteiger partial charge in [-0.1, -0.05) is 0 Å². The summed E-state index contributed by atoms with van der Waals surface area (Å²) in [4.78, 5) is 3.87. The molecule has 6 nitrogen and oxygen atoms in total. The Kier molecular flexibility index (Phi) is 3.75. The normalized spacial score (nSPS) is 11.0. The highest BCUT2D eigenvalue weighted by atomic mass is 16.5. The number of hydrogen-bond acceptors (Lipinski definition) is 4. The molecule has 4 N–H and O–H groups in total. The Morgan fingerprint density at radius 1 is 1.27 bits per heavy atom. The van der Waals surface area contributed by atoms with Gasteiger partial charge in [-0.05, 0) is 0 Å². The van der Waals surface area contributed by atoms with Crippen molar-refractivity contribution in [2.45, 2.75) is 0 Å². The van der Waals surface area contributed by atoms with E-state index in [-0.39, 0.29) is 5.96 Å². The quantitative estimate of drug-likeness (QED) is 0.387. The predicted molar refractivity (Wildman–Crippen MR) is 55.8 cm³/mol. The molecule has 0 bridgehead atoms. The molecule has 15 heavy (non-hydrogen) atoms. The van der Waals surface area contributed by atoms with Gasteiger partial charge < -0.3 is 15.2 Å². The van der Waals surface area contributed by atoms with Crippen LogP contribution in [0.25, 0.3) is 0 Å². The average molecular weight is 211 g/mol. The van der Waals surface area contributed by atoms with E-state index in [9.17, 15) is 0 Å². The molecule has 1 aromatic carbocycles. The molecule has 0 saturated carbocycles. The third kappa shape index (κ3) is 3.03.